The highest BCUT2D eigenvalue weighted by atomic mass is 15.2. The smallest absolute Gasteiger partial charge is 0.238 e. The van der Waals surface area contributed by atoms with Crippen LogP contribution in [0.2, 0.25) is 0 Å². The van der Waals surface area contributed by atoms with Gasteiger partial charge in [0.15, 0.2) is 11.6 Å². The van der Waals surface area contributed by atoms with Crippen molar-refractivity contribution in [3.63, 3.8) is 0 Å². The van der Waals surface area contributed by atoms with Gasteiger partial charge in [-0.1, -0.05) is 194 Å². The minimum absolute atomic E-state index is 0.568. The van der Waals surface area contributed by atoms with Gasteiger partial charge < -0.3 is 4.57 Å². The van der Waals surface area contributed by atoms with Gasteiger partial charge in [0, 0.05) is 38.2 Å². The Labute approximate surface area is 393 Å². The summed E-state index contributed by atoms with van der Waals surface area (Å²) in [6, 6.07) is 88.6. The molecular weight excluding hydrogens is 827 g/mol. The van der Waals surface area contributed by atoms with E-state index in [2.05, 4.69) is 221 Å². The fraction of sp³-hybridized carbons (Fsp3) is 0. The van der Waals surface area contributed by atoms with Gasteiger partial charge in [-0.15, -0.1) is 0 Å². The lowest BCUT2D eigenvalue weighted by Gasteiger charge is -2.18. The molecule has 0 saturated heterocycles. The van der Waals surface area contributed by atoms with Crippen molar-refractivity contribution in [3.8, 4) is 78.9 Å². The Morgan fingerprint density at radius 3 is 1.13 bits per heavy atom. The highest BCUT2D eigenvalue weighted by Crippen LogP contribution is 2.43. The average Bonchev–Trinajstić information content (AvgIpc) is 3.92. The summed E-state index contributed by atoms with van der Waals surface area (Å²) in [6.07, 6.45) is 0. The molecule has 13 aromatic rings. The predicted octanol–water partition coefficient (Wildman–Crippen LogP) is 16.1. The van der Waals surface area contributed by atoms with Crippen LogP contribution in [-0.2, 0) is 0 Å². The van der Waals surface area contributed by atoms with Crippen LogP contribution in [0.1, 0.15) is 0 Å². The molecule has 0 unspecified atom stereocenters. The Kier molecular flexibility index (Phi) is 9.43. The lowest BCUT2D eigenvalue weighted by Crippen LogP contribution is -2.06. The lowest BCUT2D eigenvalue weighted by atomic mass is 9.91. The number of aromatic nitrogens is 5. The third-order valence-electron chi connectivity index (χ3n) is 13.2. The van der Waals surface area contributed by atoms with Crippen molar-refractivity contribution in [1.82, 2.24) is 24.1 Å². The number of benzene rings is 10. The monoisotopic (exact) mass is 867 g/mol. The fourth-order valence-electron chi connectivity index (χ4n) is 9.95. The van der Waals surface area contributed by atoms with Crippen LogP contribution in [0.25, 0.3) is 123 Å². The van der Waals surface area contributed by atoms with Crippen LogP contribution in [0.4, 0.5) is 0 Å². The maximum atomic E-state index is 5.24. The van der Waals surface area contributed by atoms with Crippen LogP contribution in [0.5, 0.6) is 0 Å². The highest BCUT2D eigenvalue weighted by Gasteiger charge is 2.23. The topological polar surface area (TPSA) is 48.5 Å². The van der Waals surface area contributed by atoms with E-state index in [1.54, 1.807) is 0 Å². The molecular formula is C63H41N5. The largest absolute Gasteiger partial charge is 0.309 e. The van der Waals surface area contributed by atoms with Gasteiger partial charge in [0.25, 0.3) is 0 Å². The Morgan fingerprint density at radius 2 is 0.632 bits per heavy atom. The second-order valence-corrected chi connectivity index (χ2v) is 17.2. The van der Waals surface area contributed by atoms with Crippen molar-refractivity contribution in [2.45, 2.75) is 0 Å². The average molecular weight is 868 g/mol. The molecule has 3 heterocycles. The van der Waals surface area contributed by atoms with E-state index in [9.17, 15) is 0 Å². The molecule has 0 aliphatic heterocycles. The first-order chi connectivity index (χ1) is 33.7. The van der Waals surface area contributed by atoms with Crippen LogP contribution in [0, 0.1) is 0 Å². The zero-order valence-electron chi connectivity index (χ0n) is 36.9. The van der Waals surface area contributed by atoms with Crippen LogP contribution in [0.15, 0.2) is 249 Å². The molecule has 0 saturated carbocycles. The van der Waals surface area contributed by atoms with E-state index in [-0.39, 0.29) is 0 Å². The predicted molar refractivity (Wildman–Crippen MR) is 281 cm³/mol. The molecule has 13 rings (SSSR count). The molecule has 5 heteroatoms. The zero-order valence-corrected chi connectivity index (χ0v) is 36.9. The third-order valence-corrected chi connectivity index (χ3v) is 13.2. The summed E-state index contributed by atoms with van der Waals surface area (Å²) >= 11 is 0. The van der Waals surface area contributed by atoms with Gasteiger partial charge in [0.2, 0.25) is 5.95 Å². The Bertz CT molecular complexity index is 3880. The minimum atomic E-state index is 0.568. The normalized spacial score (nSPS) is 11.5. The second kappa shape index (κ2) is 16.4. The molecule has 0 fully saturated rings. The number of hydrogen-bond donors (Lipinski definition) is 0. The van der Waals surface area contributed by atoms with Gasteiger partial charge in [-0.3, -0.25) is 4.57 Å². The van der Waals surface area contributed by atoms with Gasteiger partial charge in [-0.2, -0.15) is 9.97 Å². The van der Waals surface area contributed by atoms with Crippen LogP contribution in [0.3, 0.4) is 0 Å². The summed E-state index contributed by atoms with van der Waals surface area (Å²) in [7, 11) is 0. The summed E-state index contributed by atoms with van der Waals surface area (Å²) in [5, 5.41) is 4.53. The Morgan fingerprint density at radius 1 is 0.235 bits per heavy atom. The summed E-state index contributed by atoms with van der Waals surface area (Å²) in [6.45, 7) is 0. The van der Waals surface area contributed by atoms with Crippen molar-refractivity contribution in [3.05, 3.63) is 249 Å². The van der Waals surface area contributed by atoms with Gasteiger partial charge in [0.1, 0.15) is 0 Å². The summed E-state index contributed by atoms with van der Waals surface area (Å²) in [4.78, 5) is 15.5. The standard InChI is InChI=1S/C63H41N5/c1-6-20-42(21-7-1)47-34-35-58(53(39-47)50-37-48(43-22-8-2-9-23-43)36-49(38-50)44-24-10-3-11-25-44)67-56-32-18-16-30-51(56)54-41-60-55(40-59(54)67)52-31-17-19-33-57(52)68(60)63-65-61(45-26-12-4-13-27-45)64-62(66-63)46-28-14-5-15-29-46/h1-41H. The highest BCUT2D eigenvalue weighted by molar-refractivity contribution is 6.19. The zero-order chi connectivity index (χ0) is 45.0. The molecule has 0 radical (unpaired) electrons. The minimum Gasteiger partial charge on any atom is -0.309 e. The molecule has 5 nitrogen and oxygen atoms in total. The SMILES string of the molecule is c1ccc(-c2cc(-c3ccccc3)cc(-c3cc(-c4ccccc4)ccc3-n3c4ccccc4c4cc5c(cc43)c3ccccc3n5-c3nc(-c4ccccc4)nc(-c4ccccc4)n3)c2)cc1. The van der Waals surface area contributed by atoms with Crippen molar-refractivity contribution in [1.29, 1.82) is 0 Å². The first-order valence-electron chi connectivity index (χ1n) is 23.0. The molecule has 318 valence electrons. The third kappa shape index (κ3) is 6.76. The van der Waals surface area contributed by atoms with E-state index < -0.39 is 0 Å². The van der Waals surface area contributed by atoms with Crippen molar-refractivity contribution < 1.29 is 0 Å². The van der Waals surface area contributed by atoms with Gasteiger partial charge in [0.05, 0.1) is 27.8 Å². The molecule has 68 heavy (non-hydrogen) atoms. The number of nitrogens with zero attached hydrogens (tertiary/aromatic N) is 5. The number of hydrogen-bond acceptors (Lipinski definition) is 3. The van der Waals surface area contributed by atoms with E-state index in [1.165, 1.54) is 27.8 Å². The molecule has 0 aliphatic rings. The van der Waals surface area contributed by atoms with Crippen LogP contribution < -0.4 is 0 Å². The number of para-hydroxylation sites is 2. The number of rotatable bonds is 8. The Balaban J connectivity index is 1.10. The maximum absolute atomic E-state index is 5.24. The van der Waals surface area contributed by atoms with Crippen molar-refractivity contribution >= 4 is 43.6 Å². The molecule has 0 amide bonds. The molecule has 0 N–H and O–H groups in total. The van der Waals surface area contributed by atoms with E-state index in [0.29, 0.717) is 17.6 Å². The quantitative estimate of drug-likeness (QED) is 0.153. The van der Waals surface area contributed by atoms with Crippen LogP contribution in [-0.4, -0.2) is 24.1 Å². The first-order valence-corrected chi connectivity index (χ1v) is 23.0. The molecule has 10 aromatic carbocycles. The fourth-order valence-corrected chi connectivity index (χ4v) is 9.95. The summed E-state index contributed by atoms with van der Waals surface area (Å²) < 4.78 is 4.69. The summed E-state index contributed by atoms with van der Waals surface area (Å²) in [5.41, 5.74) is 16.5. The van der Waals surface area contributed by atoms with Crippen molar-refractivity contribution in [2.75, 3.05) is 0 Å². The van der Waals surface area contributed by atoms with E-state index >= 15 is 0 Å². The Hall–Kier alpha value is -9.19. The number of fused-ring (bicyclic) bond motifs is 6. The first kappa shape index (κ1) is 39.2. The van der Waals surface area contributed by atoms with Crippen molar-refractivity contribution in [2.24, 2.45) is 0 Å². The molecule has 3 aromatic heterocycles. The molecule has 0 aliphatic carbocycles. The molecule has 0 bridgehead atoms. The van der Waals surface area contributed by atoms with Gasteiger partial charge >= 0.3 is 0 Å². The van der Waals surface area contributed by atoms with Crippen LogP contribution >= 0.6 is 0 Å². The lowest BCUT2D eigenvalue weighted by molar-refractivity contribution is 0.954. The maximum Gasteiger partial charge on any atom is 0.238 e. The van der Waals surface area contributed by atoms with Gasteiger partial charge in [-0.05, 0) is 93.5 Å². The molecule has 0 atom stereocenters. The second-order valence-electron chi connectivity index (χ2n) is 17.2. The van der Waals surface area contributed by atoms with Gasteiger partial charge in [-0.25, -0.2) is 4.98 Å². The molecule has 0 spiro atoms. The van der Waals surface area contributed by atoms with E-state index in [1.807, 2.05) is 36.4 Å². The summed E-state index contributed by atoms with van der Waals surface area (Å²) in [5.74, 6) is 1.81. The van der Waals surface area contributed by atoms with E-state index in [4.69, 9.17) is 15.0 Å². The van der Waals surface area contributed by atoms with E-state index in [0.717, 1.165) is 77.1 Å².